The molecule has 21 heavy (non-hydrogen) atoms. The highest BCUT2D eigenvalue weighted by molar-refractivity contribution is 5.65. The molecule has 108 valence electrons. The molecular formula is C15H18N6. The third-order valence-electron chi connectivity index (χ3n) is 3.48. The number of anilines is 1. The zero-order valence-electron chi connectivity index (χ0n) is 12.4. The summed E-state index contributed by atoms with van der Waals surface area (Å²) in [6.45, 7) is 6.73. The van der Waals surface area contributed by atoms with E-state index >= 15 is 0 Å². The molecule has 0 bridgehead atoms. The number of aromatic nitrogens is 5. The van der Waals surface area contributed by atoms with Gasteiger partial charge in [-0.15, -0.1) is 0 Å². The van der Waals surface area contributed by atoms with Crippen LogP contribution in [0.4, 0.5) is 5.69 Å². The maximum Gasteiger partial charge on any atom is 0.181 e. The van der Waals surface area contributed by atoms with E-state index in [1.807, 2.05) is 26.1 Å². The summed E-state index contributed by atoms with van der Waals surface area (Å²) >= 11 is 0. The molecular weight excluding hydrogens is 264 g/mol. The Morgan fingerprint density at radius 3 is 2.62 bits per heavy atom. The minimum Gasteiger partial charge on any atom is -0.379 e. The lowest BCUT2D eigenvalue weighted by Crippen LogP contribution is -2.03. The van der Waals surface area contributed by atoms with Crippen molar-refractivity contribution in [3.63, 3.8) is 0 Å². The molecule has 6 nitrogen and oxygen atoms in total. The molecule has 0 aliphatic heterocycles. The number of nitrogens with zero attached hydrogens (tertiary/aromatic N) is 3. The lowest BCUT2D eigenvalue weighted by atomic mass is 10.1. The van der Waals surface area contributed by atoms with Crippen molar-refractivity contribution in [1.82, 2.24) is 25.4 Å². The van der Waals surface area contributed by atoms with E-state index in [2.05, 4.69) is 49.8 Å². The van der Waals surface area contributed by atoms with Crippen LogP contribution in [0, 0.1) is 20.8 Å². The van der Waals surface area contributed by atoms with E-state index in [1.165, 1.54) is 5.56 Å². The smallest absolute Gasteiger partial charge is 0.181 e. The van der Waals surface area contributed by atoms with E-state index in [0.717, 1.165) is 28.3 Å². The Balaban J connectivity index is 1.83. The van der Waals surface area contributed by atoms with Crippen LogP contribution in [-0.4, -0.2) is 25.4 Å². The number of H-pyrrole nitrogens is 2. The van der Waals surface area contributed by atoms with Crippen molar-refractivity contribution in [2.24, 2.45) is 0 Å². The van der Waals surface area contributed by atoms with Crippen molar-refractivity contribution in [3.8, 4) is 11.4 Å². The fraction of sp³-hybridized carbons (Fsp3) is 0.267. The number of benzene rings is 1. The predicted molar refractivity (Wildman–Crippen MR) is 81.9 cm³/mol. The van der Waals surface area contributed by atoms with E-state index in [9.17, 15) is 0 Å². The molecule has 0 atom stereocenters. The van der Waals surface area contributed by atoms with Crippen molar-refractivity contribution in [2.45, 2.75) is 27.3 Å². The molecule has 0 amide bonds. The van der Waals surface area contributed by atoms with Crippen LogP contribution in [0.25, 0.3) is 11.4 Å². The fourth-order valence-corrected chi connectivity index (χ4v) is 2.16. The molecule has 0 unspecified atom stereocenters. The second-order valence-corrected chi connectivity index (χ2v) is 5.16. The third-order valence-corrected chi connectivity index (χ3v) is 3.48. The first-order chi connectivity index (χ1) is 10.1. The molecule has 6 heteroatoms. The molecule has 3 aromatic rings. The number of aromatic amines is 2. The average Bonchev–Trinajstić information content (AvgIpc) is 3.07. The maximum absolute atomic E-state index is 4.37. The number of nitrogens with one attached hydrogen (secondary N) is 3. The summed E-state index contributed by atoms with van der Waals surface area (Å²) in [5, 5.41) is 17.5. The summed E-state index contributed by atoms with van der Waals surface area (Å²) in [5.41, 5.74) is 5.50. The number of aryl methyl sites for hydroxylation is 3. The molecule has 0 fully saturated rings. The van der Waals surface area contributed by atoms with E-state index in [4.69, 9.17) is 0 Å². The monoisotopic (exact) mass is 282 g/mol. The quantitative estimate of drug-likeness (QED) is 0.687. The molecule has 0 saturated heterocycles. The van der Waals surface area contributed by atoms with Crippen LogP contribution in [0.1, 0.15) is 22.6 Å². The number of hydrogen-bond donors (Lipinski definition) is 3. The van der Waals surface area contributed by atoms with Gasteiger partial charge >= 0.3 is 0 Å². The normalized spacial score (nSPS) is 10.8. The Bertz CT molecular complexity index is 755. The van der Waals surface area contributed by atoms with Crippen LogP contribution in [0.3, 0.4) is 0 Å². The van der Waals surface area contributed by atoms with Crippen LogP contribution < -0.4 is 5.32 Å². The summed E-state index contributed by atoms with van der Waals surface area (Å²) in [6, 6.07) is 6.18. The fourth-order valence-electron chi connectivity index (χ4n) is 2.16. The van der Waals surface area contributed by atoms with Crippen molar-refractivity contribution in [1.29, 1.82) is 0 Å². The van der Waals surface area contributed by atoms with Crippen molar-refractivity contribution >= 4 is 5.69 Å². The van der Waals surface area contributed by atoms with Gasteiger partial charge in [0.1, 0.15) is 5.82 Å². The molecule has 2 heterocycles. The van der Waals surface area contributed by atoms with Gasteiger partial charge in [-0.25, -0.2) is 4.98 Å². The average molecular weight is 282 g/mol. The molecule has 3 rings (SSSR count). The highest BCUT2D eigenvalue weighted by Gasteiger charge is 2.07. The van der Waals surface area contributed by atoms with Gasteiger partial charge in [0.2, 0.25) is 0 Å². The molecule has 3 N–H and O–H groups in total. The summed E-state index contributed by atoms with van der Waals surface area (Å²) in [5.74, 6) is 1.53. The van der Waals surface area contributed by atoms with Crippen LogP contribution >= 0.6 is 0 Å². The van der Waals surface area contributed by atoms with Crippen LogP contribution in [0.2, 0.25) is 0 Å². The topological polar surface area (TPSA) is 82.3 Å². The van der Waals surface area contributed by atoms with Gasteiger partial charge in [-0.05, 0) is 38.0 Å². The Morgan fingerprint density at radius 1 is 1.10 bits per heavy atom. The van der Waals surface area contributed by atoms with Gasteiger partial charge < -0.3 is 5.32 Å². The van der Waals surface area contributed by atoms with Crippen molar-refractivity contribution in [2.75, 3.05) is 5.32 Å². The lowest BCUT2D eigenvalue weighted by molar-refractivity contribution is 0.974. The summed E-state index contributed by atoms with van der Waals surface area (Å²) < 4.78 is 0. The first-order valence-electron chi connectivity index (χ1n) is 6.86. The van der Waals surface area contributed by atoms with E-state index in [1.54, 1.807) is 0 Å². The number of rotatable bonds is 4. The molecule has 2 aromatic heterocycles. The third kappa shape index (κ3) is 2.79. The van der Waals surface area contributed by atoms with Gasteiger partial charge in [0.05, 0.1) is 18.4 Å². The first-order valence-corrected chi connectivity index (χ1v) is 6.86. The summed E-state index contributed by atoms with van der Waals surface area (Å²) in [7, 11) is 0. The second kappa shape index (κ2) is 5.40. The zero-order chi connectivity index (χ0) is 14.8. The highest BCUT2D eigenvalue weighted by atomic mass is 15.2. The molecule has 0 aliphatic carbocycles. The minimum absolute atomic E-state index is 0.711. The molecule has 0 aliphatic rings. The maximum atomic E-state index is 4.37. The van der Waals surface area contributed by atoms with E-state index < -0.39 is 0 Å². The van der Waals surface area contributed by atoms with E-state index in [-0.39, 0.29) is 0 Å². The standard InChI is InChI=1S/C15H18N6/c1-9-4-5-12(15-18-11(3)19-21-15)6-13(9)16-8-14-10(2)7-17-20-14/h4-7,16H,8H2,1-3H3,(H,17,20)(H,18,19,21). The highest BCUT2D eigenvalue weighted by Crippen LogP contribution is 2.23. The van der Waals surface area contributed by atoms with Gasteiger partial charge in [0.15, 0.2) is 5.82 Å². The van der Waals surface area contributed by atoms with Gasteiger partial charge in [-0.2, -0.15) is 10.2 Å². The predicted octanol–water partition coefficient (Wildman–Crippen LogP) is 2.73. The van der Waals surface area contributed by atoms with Gasteiger partial charge in [-0.3, -0.25) is 10.2 Å². The Hall–Kier alpha value is -2.63. The van der Waals surface area contributed by atoms with Crippen LogP contribution in [0.5, 0.6) is 0 Å². The Labute approximate surface area is 123 Å². The molecule has 0 saturated carbocycles. The Morgan fingerprint density at radius 2 is 1.95 bits per heavy atom. The largest absolute Gasteiger partial charge is 0.379 e. The Kier molecular flexibility index (Phi) is 3.43. The van der Waals surface area contributed by atoms with Crippen LogP contribution in [-0.2, 0) is 6.54 Å². The van der Waals surface area contributed by atoms with Crippen LogP contribution in [0.15, 0.2) is 24.4 Å². The summed E-state index contributed by atoms with van der Waals surface area (Å²) in [4.78, 5) is 4.37. The van der Waals surface area contributed by atoms with Gasteiger partial charge in [0, 0.05) is 11.3 Å². The summed E-state index contributed by atoms with van der Waals surface area (Å²) in [6.07, 6.45) is 1.83. The minimum atomic E-state index is 0.711. The van der Waals surface area contributed by atoms with E-state index in [0.29, 0.717) is 12.4 Å². The first kappa shape index (κ1) is 13.4. The zero-order valence-corrected chi connectivity index (χ0v) is 12.4. The second-order valence-electron chi connectivity index (χ2n) is 5.16. The van der Waals surface area contributed by atoms with Crippen molar-refractivity contribution < 1.29 is 0 Å². The van der Waals surface area contributed by atoms with Gasteiger partial charge in [-0.1, -0.05) is 12.1 Å². The van der Waals surface area contributed by atoms with Crippen molar-refractivity contribution in [3.05, 3.63) is 47.0 Å². The molecule has 0 radical (unpaired) electrons. The number of hydrogen-bond acceptors (Lipinski definition) is 4. The van der Waals surface area contributed by atoms with Gasteiger partial charge in [0.25, 0.3) is 0 Å². The SMILES string of the molecule is Cc1nc(-c2ccc(C)c(NCc3[nH]ncc3C)c2)n[nH]1. The molecule has 1 aromatic carbocycles. The lowest BCUT2D eigenvalue weighted by Gasteiger charge is -2.10. The molecule has 0 spiro atoms.